The van der Waals surface area contributed by atoms with Gasteiger partial charge in [0.05, 0.1) is 18.4 Å². The van der Waals surface area contributed by atoms with Crippen molar-refractivity contribution < 1.29 is 9.90 Å². The lowest BCUT2D eigenvalue weighted by molar-refractivity contribution is -0.136. The number of aryl methyl sites for hydroxylation is 1. The molecule has 1 aliphatic rings. The Kier molecular flexibility index (Phi) is 2.04. The highest BCUT2D eigenvalue weighted by Crippen LogP contribution is 2.17. The zero-order valence-electron chi connectivity index (χ0n) is 7.36. The Balaban J connectivity index is 2.26. The summed E-state index contributed by atoms with van der Waals surface area (Å²) in [6.07, 6.45) is 5.12. The van der Waals surface area contributed by atoms with Crippen molar-refractivity contribution in [2.75, 3.05) is 0 Å². The van der Waals surface area contributed by atoms with Crippen molar-refractivity contribution in [3.63, 3.8) is 0 Å². The van der Waals surface area contributed by atoms with Crippen LogP contribution in [0.1, 0.15) is 24.2 Å². The lowest BCUT2D eigenvalue weighted by Gasteiger charge is -2.14. The van der Waals surface area contributed by atoms with Gasteiger partial charge in [0.1, 0.15) is 0 Å². The number of hydrogen-bond donors (Lipinski definition) is 1. The van der Waals surface area contributed by atoms with Gasteiger partial charge in [-0.15, -0.1) is 0 Å². The minimum absolute atomic E-state index is 0.0579. The number of fused-ring (bicyclic) bond motifs is 1. The van der Waals surface area contributed by atoms with Gasteiger partial charge in [0, 0.05) is 12.2 Å². The zero-order valence-corrected chi connectivity index (χ0v) is 7.36. The van der Waals surface area contributed by atoms with E-state index in [0.29, 0.717) is 0 Å². The van der Waals surface area contributed by atoms with E-state index in [1.54, 1.807) is 6.33 Å². The Bertz CT molecular complexity index is 330. The molecule has 2 rings (SSSR count). The lowest BCUT2D eigenvalue weighted by atomic mass is 10.1. The number of aliphatic carboxylic acids is 1. The second-order valence-corrected chi connectivity index (χ2v) is 3.36. The van der Waals surface area contributed by atoms with E-state index < -0.39 is 5.97 Å². The molecule has 0 fully saturated rings. The second kappa shape index (κ2) is 3.20. The molecule has 0 amide bonds. The molecule has 13 heavy (non-hydrogen) atoms. The minimum atomic E-state index is -0.799. The molecule has 0 atom stereocenters. The molecule has 0 saturated carbocycles. The van der Waals surface area contributed by atoms with E-state index in [9.17, 15) is 4.79 Å². The topological polar surface area (TPSA) is 55.1 Å². The first-order valence-electron chi connectivity index (χ1n) is 4.52. The monoisotopic (exact) mass is 180 g/mol. The maximum atomic E-state index is 10.5. The van der Waals surface area contributed by atoms with Gasteiger partial charge in [-0.05, 0) is 19.3 Å². The summed E-state index contributed by atoms with van der Waals surface area (Å²) in [4.78, 5) is 14.6. The van der Waals surface area contributed by atoms with Crippen molar-refractivity contribution in [1.82, 2.24) is 9.55 Å². The van der Waals surface area contributed by atoms with Crippen LogP contribution in [-0.2, 0) is 24.2 Å². The van der Waals surface area contributed by atoms with E-state index in [0.717, 1.165) is 30.8 Å². The highest BCUT2D eigenvalue weighted by Gasteiger charge is 2.16. The summed E-state index contributed by atoms with van der Waals surface area (Å²) in [5.41, 5.74) is 1.86. The summed E-state index contributed by atoms with van der Waals surface area (Å²) in [5.74, 6) is -0.799. The molecule has 70 valence electrons. The van der Waals surface area contributed by atoms with Crippen LogP contribution in [0.15, 0.2) is 6.33 Å². The summed E-state index contributed by atoms with van der Waals surface area (Å²) in [6, 6.07) is 0. The van der Waals surface area contributed by atoms with E-state index >= 15 is 0 Å². The van der Waals surface area contributed by atoms with Gasteiger partial charge in [-0.25, -0.2) is 4.98 Å². The molecule has 0 unspecified atom stereocenters. The van der Waals surface area contributed by atoms with E-state index in [1.165, 1.54) is 6.42 Å². The van der Waals surface area contributed by atoms with Crippen LogP contribution < -0.4 is 0 Å². The predicted molar refractivity (Wildman–Crippen MR) is 46.5 cm³/mol. The zero-order chi connectivity index (χ0) is 9.26. The van der Waals surface area contributed by atoms with Gasteiger partial charge in [-0.3, -0.25) is 4.79 Å². The fourth-order valence-electron chi connectivity index (χ4n) is 1.80. The van der Waals surface area contributed by atoms with Gasteiger partial charge in [-0.1, -0.05) is 0 Å². The van der Waals surface area contributed by atoms with Crippen molar-refractivity contribution in [1.29, 1.82) is 0 Å². The Morgan fingerprint density at radius 3 is 3.23 bits per heavy atom. The van der Waals surface area contributed by atoms with Crippen LogP contribution in [0.2, 0.25) is 0 Å². The number of imidazole rings is 1. The average molecular weight is 180 g/mol. The van der Waals surface area contributed by atoms with Gasteiger partial charge in [0.2, 0.25) is 0 Å². The second-order valence-electron chi connectivity index (χ2n) is 3.36. The maximum absolute atomic E-state index is 10.5. The Morgan fingerprint density at radius 2 is 2.46 bits per heavy atom. The summed E-state index contributed by atoms with van der Waals surface area (Å²) in [6.45, 7) is 0.988. The number of carboxylic acids is 1. The number of aromatic nitrogens is 2. The highest BCUT2D eigenvalue weighted by atomic mass is 16.4. The minimum Gasteiger partial charge on any atom is -0.481 e. The Labute approximate surface area is 76.2 Å². The van der Waals surface area contributed by atoms with E-state index in [-0.39, 0.29) is 6.42 Å². The van der Waals surface area contributed by atoms with Crippen molar-refractivity contribution in [2.45, 2.75) is 32.2 Å². The number of carboxylic acid groups (broad SMARTS) is 1. The fraction of sp³-hybridized carbons (Fsp3) is 0.556. The molecular weight excluding hydrogens is 168 g/mol. The van der Waals surface area contributed by atoms with Crippen LogP contribution in [0.5, 0.6) is 0 Å². The molecule has 0 bridgehead atoms. The Hall–Kier alpha value is -1.32. The first-order valence-corrected chi connectivity index (χ1v) is 4.52. The Morgan fingerprint density at radius 1 is 1.62 bits per heavy atom. The van der Waals surface area contributed by atoms with Gasteiger partial charge < -0.3 is 9.67 Å². The highest BCUT2D eigenvalue weighted by molar-refractivity contribution is 5.69. The molecule has 4 heteroatoms. The number of carbonyl (C=O) groups is 1. The van der Waals surface area contributed by atoms with Crippen LogP contribution in [0.25, 0.3) is 0 Å². The molecular formula is C9H12N2O2. The first kappa shape index (κ1) is 8.29. The van der Waals surface area contributed by atoms with Crippen LogP contribution in [-0.4, -0.2) is 20.6 Å². The largest absolute Gasteiger partial charge is 0.481 e. The van der Waals surface area contributed by atoms with Gasteiger partial charge in [0.25, 0.3) is 0 Å². The first-order chi connectivity index (χ1) is 6.27. The number of hydrogen-bond acceptors (Lipinski definition) is 2. The van der Waals surface area contributed by atoms with Gasteiger partial charge >= 0.3 is 5.97 Å². The van der Waals surface area contributed by atoms with Crippen LogP contribution in [0, 0.1) is 0 Å². The van der Waals surface area contributed by atoms with Gasteiger partial charge in [-0.2, -0.15) is 0 Å². The van der Waals surface area contributed by atoms with Crippen molar-refractivity contribution in [3.05, 3.63) is 17.7 Å². The quantitative estimate of drug-likeness (QED) is 0.734. The van der Waals surface area contributed by atoms with E-state index in [4.69, 9.17) is 5.11 Å². The maximum Gasteiger partial charge on any atom is 0.309 e. The van der Waals surface area contributed by atoms with E-state index in [1.807, 2.05) is 0 Å². The standard InChI is InChI=1S/C9H12N2O2/c12-9(13)5-7-8-3-1-2-4-11(8)6-10-7/h6H,1-5H2,(H,12,13). The third kappa shape index (κ3) is 1.56. The van der Waals surface area contributed by atoms with Crippen molar-refractivity contribution in [2.24, 2.45) is 0 Å². The lowest BCUT2D eigenvalue weighted by Crippen LogP contribution is -2.11. The van der Waals surface area contributed by atoms with Crippen LogP contribution in [0.4, 0.5) is 0 Å². The van der Waals surface area contributed by atoms with E-state index in [2.05, 4.69) is 9.55 Å². The molecule has 1 aromatic heterocycles. The van der Waals surface area contributed by atoms with Crippen LogP contribution in [0.3, 0.4) is 0 Å². The molecule has 0 saturated heterocycles. The molecule has 2 heterocycles. The molecule has 0 aromatic carbocycles. The average Bonchev–Trinajstić information content (AvgIpc) is 2.48. The molecule has 0 radical (unpaired) electrons. The van der Waals surface area contributed by atoms with Crippen molar-refractivity contribution in [3.8, 4) is 0 Å². The normalized spacial score (nSPS) is 15.4. The molecule has 0 aliphatic carbocycles. The molecule has 1 N–H and O–H groups in total. The van der Waals surface area contributed by atoms with Crippen LogP contribution >= 0.6 is 0 Å². The van der Waals surface area contributed by atoms with Gasteiger partial charge in [0.15, 0.2) is 0 Å². The predicted octanol–water partition coefficient (Wildman–Crippen LogP) is 0.847. The third-order valence-electron chi connectivity index (χ3n) is 2.41. The summed E-state index contributed by atoms with van der Waals surface area (Å²) in [5, 5.41) is 8.64. The smallest absolute Gasteiger partial charge is 0.309 e. The summed E-state index contributed by atoms with van der Waals surface area (Å²) >= 11 is 0. The summed E-state index contributed by atoms with van der Waals surface area (Å²) in [7, 11) is 0. The molecule has 1 aliphatic heterocycles. The molecule has 0 spiro atoms. The number of rotatable bonds is 2. The fourth-order valence-corrected chi connectivity index (χ4v) is 1.80. The third-order valence-corrected chi connectivity index (χ3v) is 2.41. The summed E-state index contributed by atoms with van der Waals surface area (Å²) < 4.78 is 2.07. The molecule has 1 aromatic rings. The SMILES string of the molecule is O=C(O)Cc1ncn2c1CCCC2. The molecule has 4 nitrogen and oxygen atoms in total. The number of nitrogens with zero attached hydrogens (tertiary/aromatic N) is 2. The van der Waals surface area contributed by atoms with Crippen molar-refractivity contribution >= 4 is 5.97 Å².